The van der Waals surface area contributed by atoms with Gasteiger partial charge < -0.3 is 14.7 Å². The fourth-order valence-electron chi connectivity index (χ4n) is 0.0751. The number of hydrogen-bond donors (Lipinski definition) is 3. The molecule has 0 radical (unpaired) electrons. The van der Waals surface area contributed by atoms with Crippen molar-refractivity contribution in [2.75, 3.05) is 0 Å². The molecule has 0 spiro atoms. The van der Waals surface area contributed by atoms with E-state index in [-0.39, 0.29) is 0 Å². The fraction of sp³-hybridized carbons (Fsp3) is 0. The van der Waals surface area contributed by atoms with Crippen LogP contribution in [-0.2, 0) is 7.16 Å². The molecule has 0 rings (SSSR count). The first-order valence-electron chi connectivity index (χ1n) is 1.30. The van der Waals surface area contributed by atoms with Gasteiger partial charge in [0.25, 0.3) is 0 Å². The van der Waals surface area contributed by atoms with Gasteiger partial charge >= 0.3 is 17.2 Å². The molecular weight excluding hydrogens is 269 g/mol. The Bertz CT molecular complexity index is 56.4. The maximum absolute atomic E-state index is 8.34. The lowest BCUT2D eigenvalue weighted by molar-refractivity contribution is 0.344. The van der Waals surface area contributed by atoms with E-state index in [1.54, 1.807) is 0 Å². The van der Waals surface area contributed by atoms with E-state index in [0.717, 1.165) is 0 Å². The Morgan fingerprint density at radius 3 is 1.88 bits per heavy atom. The molecule has 0 bridgehead atoms. The molecule has 5 nitrogen and oxygen atoms in total. The molecule has 1 atom stereocenters. The number of rotatable bonds is 3. The van der Waals surface area contributed by atoms with Crippen LogP contribution >= 0.6 is 40.2 Å². The Morgan fingerprint density at radius 1 is 1.25 bits per heavy atom. The van der Waals surface area contributed by atoms with Gasteiger partial charge in [-0.3, -0.25) is 0 Å². The smallest absolute Gasteiger partial charge is 0.328 e. The molecular formula is H3IO5P2. The summed E-state index contributed by atoms with van der Waals surface area (Å²) in [5, 5.41) is 0. The summed E-state index contributed by atoms with van der Waals surface area (Å²) in [6, 6.07) is 0. The van der Waals surface area contributed by atoms with Gasteiger partial charge in [0.2, 0.25) is 0 Å². The number of hydrogen-bond acceptors (Lipinski definition) is 5. The van der Waals surface area contributed by atoms with Crippen LogP contribution in [-0.4, -0.2) is 14.7 Å². The van der Waals surface area contributed by atoms with Crippen LogP contribution < -0.4 is 0 Å². The van der Waals surface area contributed by atoms with Crippen molar-refractivity contribution in [1.29, 1.82) is 0 Å². The van der Waals surface area contributed by atoms with E-state index in [4.69, 9.17) is 14.7 Å². The summed E-state index contributed by atoms with van der Waals surface area (Å²) in [6.07, 6.45) is 0. The lowest BCUT2D eigenvalue weighted by Crippen LogP contribution is -1.75. The highest BCUT2D eigenvalue weighted by Crippen LogP contribution is 2.47. The Morgan fingerprint density at radius 2 is 1.75 bits per heavy atom. The molecule has 0 aromatic heterocycles. The molecule has 0 aromatic rings. The fourth-order valence-corrected chi connectivity index (χ4v) is 1.32. The van der Waals surface area contributed by atoms with E-state index in [1.807, 2.05) is 0 Å². The molecule has 0 saturated carbocycles. The van der Waals surface area contributed by atoms with Crippen molar-refractivity contribution in [3.05, 3.63) is 0 Å². The van der Waals surface area contributed by atoms with Gasteiger partial charge in [0.1, 0.15) is 23.0 Å². The summed E-state index contributed by atoms with van der Waals surface area (Å²) in [4.78, 5) is 24.4. The quantitative estimate of drug-likeness (QED) is 0.523. The van der Waals surface area contributed by atoms with Crippen molar-refractivity contribution in [2.24, 2.45) is 0 Å². The SMILES string of the molecule is OP(O)OP(O)OI. The van der Waals surface area contributed by atoms with Crippen LogP contribution in [0.1, 0.15) is 0 Å². The highest BCUT2D eigenvalue weighted by Gasteiger charge is 2.10. The molecule has 0 heterocycles. The summed E-state index contributed by atoms with van der Waals surface area (Å²) < 4.78 is 8.09. The molecule has 0 aliphatic carbocycles. The lowest BCUT2D eigenvalue weighted by Gasteiger charge is -2.03. The Kier molecular flexibility index (Phi) is 6.10. The zero-order valence-electron chi connectivity index (χ0n) is 3.43. The van der Waals surface area contributed by atoms with E-state index in [2.05, 4.69) is 7.16 Å². The second-order valence-corrected chi connectivity index (χ2v) is 3.60. The van der Waals surface area contributed by atoms with E-state index in [1.165, 1.54) is 23.0 Å². The summed E-state index contributed by atoms with van der Waals surface area (Å²) in [7, 11) is -4.60. The third-order valence-electron chi connectivity index (χ3n) is 0.202. The zero-order chi connectivity index (χ0) is 6.57. The third kappa shape index (κ3) is 5.53. The van der Waals surface area contributed by atoms with Crippen LogP contribution in [0.3, 0.4) is 0 Å². The predicted octanol–water partition coefficient (Wildman–Crippen LogP) is 0.800. The minimum Gasteiger partial charge on any atom is -0.328 e. The molecule has 8 heavy (non-hydrogen) atoms. The molecule has 8 heteroatoms. The molecule has 0 saturated heterocycles. The second kappa shape index (κ2) is 5.20. The van der Waals surface area contributed by atoms with E-state index in [0.29, 0.717) is 0 Å². The molecule has 3 N–H and O–H groups in total. The second-order valence-electron chi connectivity index (χ2n) is 0.641. The first-order chi connectivity index (χ1) is 3.66. The maximum atomic E-state index is 8.34. The van der Waals surface area contributed by atoms with E-state index in [9.17, 15) is 0 Å². The van der Waals surface area contributed by atoms with Gasteiger partial charge in [0.05, 0.1) is 0 Å². The highest BCUT2D eigenvalue weighted by molar-refractivity contribution is 14.1. The van der Waals surface area contributed by atoms with Crippen LogP contribution in [0.5, 0.6) is 0 Å². The normalized spacial score (nSPS) is 14.6. The third-order valence-corrected chi connectivity index (χ3v) is 2.47. The van der Waals surface area contributed by atoms with Crippen molar-refractivity contribution in [3.63, 3.8) is 0 Å². The Balaban J connectivity index is 3.10. The molecule has 0 aliphatic heterocycles. The largest absolute Gasteiger partial charge is 0.347 e. The van der Waals surface area contributed by atoms with Gasteiger partial charge in [-0.15, -0.1) is 0 Å². The minimum absolute atomic E-state index is 1.39. The van der Waals surface area contributed by atoms with Crippen molar-refractivity contribution >= 4 is 40.2 Å². The average Bonchev–Trinajstić information content (AvgIpc) is 1.65. The van der Waals surface area contributed by atoms with Crippen molar-refractivity contribution in [1.82, 2.24) is 0 Å². The van der Waals surface area contributed by atoms with Gasteiger partial charge in [-0.25, -0.2) is 7.16 Å². The van der Waals surface area contributed by atoms with E-state index >= 15 is 0 Å². The van der Waals surface area contributed by atoms with Gasteiger partial charge in [0.15, 0.2) is 0 Å². The molecule has 0 aromatic carbocycles. The summed E-state index contributed by atoms with van der Waals surface area (Å²) in [5.41, 5.74) is 0. The molecule has 0 aliphatic rings. The monoisotopic (exact) mass is 272 g/mol. The van der Waals surface area contributed by atoms with Gasteiger partial charge in [0, 0.05) is 0 Å². The lowest BCUT2D eigenvalue weighted by atomic mass is 15.7. The van der Waals surface area contributed by atoms with Gasteiger partial charge in [-0.2, -0.15) is 0 Å². The van der Waals surface area contributed by atoms with Crippen LogP contribution in [0.2, 0.25) is 0 Å². The van der Waals surface area contributed by atoms with Gasteiger partial charge in [-0.05, 0) is 0 Å². The summed E-state index contributed by atoms with van der Waals surface area (Å²) >= 11 is 1.39. The van der Waals surface area contributed by atoms with Crippen LogP contribution in [0, 0.1) is 0 Å². The standard InChI is InChI=1S/H3IO5P2/c1-5-8(4)6-7(2)3/h2-4H. The first-order valence-corrected chi connectivity index (χ1v) is 4.48. The first kappa shape index (κ1) is 9.39. The summed E-state index contributed by atoms with van der Waals surface area (Å²) in [6.45, 7) is 0. The highest BCUT2D eigenvalue weighted by atomic mass is 127. The maximum Gasteiger partial charge on any atom is 0.347 e. The molecule has 0 amide bonds. The summed E-state index contributed by atoms with van der Waals surface area (Å²) in [5.74, 6) is 0. The Labute approximate surface area is 62.3 Å². The topological polar surface area (TPSA) is 79.2 Å². The zero-order valence-corrected chi connectivity index (χ0v) is 7.38. The van der Waals surface area contributed by atoms with Crippen molar-refractivity contribution in [3.8, 4) is 0 Å². The van der Waals surface area contributed by atoms with Crippen molar-refractivity contribution < 1.29 is 21.8 Å². The minimum atomic E-state index is -2.50. The van der Waals surface area contributed by atoms with Crippen LogP contribution in [0.15, 0.2) is 0 Å². The van der Waals surface area contributed by atoms with E-state index < -0.39 is 17.2 Å². The van der Waals surface area contributed by atoms with Crippen LogP contribution in [0.25, 0.3) is 0 Å². The molecule has 0 fully saturated rings. The average molecular weight is 272 g/mol. The van der Waals surface area contributed by atoms with Crippen molar-refractivity contribution in [2.45, 2.75) is 0 Å². The van der Waals surface area contributed by atoms with Gasteiger partial charge in [-0.1, -0.05) is 0 Å². The predicted molar refractivity (Wildman–Crippen MR) is 36.7 cm³/mol. The Hall–Kier alpha value is 1.39. The van der Waals surface area contributed by atoms with Crippen LogP contribution in [0.4, 0.5) is 0 Å². The number of halogens is 1. The molecule has 50 valence electrons. The molecule has 1 unspecified atom stereocenters.